The summed E-state index contributed by atoms with van der Waals surface area (Å²) in [4.78, 5) is 178. The largest absolute Gasteiger partial charge is 0.390 e. The fourth-order valence-electron chi connectivity index (χ4n) is 14.0. The van der Waals surface area contributed by atoms with Gasteiger partial charge in [0.05, 0.1) is 6.10 Å². The van der Waals surface area contributed by atoms with Gasteiger partial charge in [-0.3, -0.25) is 57.6 Å². The summed E-state index contributed by atoms with van der Waals surface area (Å²) >= 11 is 0. The van der Waals surface area contributed by atoms with E-state index in [4.69, 9.17) is 0 Å². The van der Waals surface area contributed by atoms with Crippen molar-refractivity contribution in [3.63, 3.8) is 0 Å². The molecule has 0 radical (unpaired) electrons. The second-order valence-electron chi connectivity index (χ2n) is 30.2. The lowest BCUT2D eigenvalue weighted by molar-refractivity contribution is -0.157. The molecule has 3 rings (SSSR count). The summed E-state index contributed by atoms with van der Waals surface area (Å²) in [7, 11) is 12.3. The average Bonchev–Trinajstić information content (AvgIpc) is 0.860. The first-order valence-corrected chi connectivity index (χ1v) is 35.4. The average molecular weight is 1350 g/mol. The van der Waals surface area contributed by atoms with Gasteiger partial charge in [-0.25, -0.2) is 0 Å². The van der Waals surface area contributed by atoms with Crippen LogP contribution < -0.4 is 21.3 Å². The van der Waals surface area contributed by atoms with Crippen molar-refractivity contribution in [2.24, 2.45) is 41.4 Å². The summed E-state index contributed by atoms with van der Waals surface area (Å²) in [6.07, 6.45) is 6.35. The molecule has 3 aliphatic rings. The van der Waals surface area contributed by atoms with Gasteiger partial charge in [0.2, 0.25) is 65.0 Å². The van der Waals surface area contributed by atoms with Crippen molar-refractivity contribution in [1.29, 1.82) is 0 Å². The zero-order chi connectivity index (χ0) is 73.4. The third kappa shape index (κ3) is 21.6. The second-order valence-corrected chi connectivity index (χ2v) is 30.2. The van der Waals surface area contributed by atoms with Crippen LogP contribution >= 0.6 is 0 Å². The SMILES string of the molecule is C/C=C/C[C@@H](C)[C@@H](O)[C@H]1C(=O)N[C@@H](CC)C(=O)N(C)[C@H](C)C(=O)N(C)[C@@H]([C@H](C)CCCN2CC3CCC(C2)N3C)C(=O)N[C@@H](C(C)C)C(=O)N(C)[C@@H](CC(C)C)C(=O)N[C@@H](C)C(=O)N[C@H](C)C(=O)N(C)[C@@H](CC(C)C)C(=O)N(C)[C@@H](CC(C)C)C(=O)N(C)[C@@H](C(C)C)C(=O)N1C. The highest BCUT2D eigenvalue weighted by atomic mass is 16.3. The molecule has 5 N–H and O–H groups in total. The molecule has 96 heavy (non-hydrogen) atoms. The lowest BCUT2D eigenvalue weighted by atomic mass is 9.91. The van der Waals surface area contributed by atoms with Gasteiger partial charge in [-0.1, -0.05) is 102 Å². The summed E-state index contributed by atoms with van der Waals surface area (Å²) in [6.45, 7) is 32.4. The first kappa shape index (κ1) is 84.0. The molecule has 0 aromatic rings. The Morgan fingerprint density at radius 2 is 0.938 bits per heavy atom. The van der Waals surface area contributed by atoms with Crippen LogP contribution in [0.15, 0.2) is 12.2 Å². The molecule has 11 amide bonds. The van der Waals surface area contributed by atoms with Crippen molar-refractivity contribution in [3.05, 3.63) is 12.2 Å². The Kier molecular flexibility index (Phi) is 33.0. The molecule has 3 fully saturated rings. The first-order valence-electron chi connectivity index (χ1n) is 35.4. The molecule has 0 aliphatic carbocycles. The summed E-state index contributed by atoms with van der Waals surface area (Å²) in [5.41, 5.74) is 0. The number of rotatable bonds is 18. The minimum absolute atomic E-state index is 0.0141. The fraction of sp³-hybridized carbons (Fsp3) is 0.817. The van der Waals surface area contributed by atoms with Crippen LogP contribution in [0.25, 0.3) is 0 Å². The molecule has 25 heteroatoms. The smallest absolute Gasteiger partial charge is 0.246 e. The number of likely N-dealkylation sites (N-methyl/N-ethyl adjacent to an activating group) is 8. The van der Waals surface area contributed by atoms with E-state index in [1.807, 2.05) is 61.5 Å². The predicted octanol–water partition coefficient (Wildman–Crippen LogP) is 3.81. The maximum atomic E-state index is 15.3. The molecule has 0 aromatic carbocycles. The third-order valence-electron chi connectivity index (χ3n) is 20.4. The number of fused-ring (bicyclic) bond motifs is 2. The van der Waals surface area contributed by atoms with Crippen molar-refractivity contribution < 1.29 is 57.8 Å². The van der Waals surface area contributed by atoms with Gasteiger partial charge in [-0.15, -0.1) is 0 Å². The van der Waals surface area contributed by atoms with Crippen molar-refractivity contribution >= 4 is 65.0 Å². The Bertz CT molecular complexity index is 2680. The van der Waals surface area contributed by atoms with Crippen LogP contribution in [0.2, 0.25) is 0 Å². The zero-order valence-corrected chi connectivity index (χ0v) is 63.2. The zero-order valence-electron chi connectivity index (χ0n) is 63.2. The van der Waals surface area contributed by atoms with E-state index in [-0.39, 0.29) is 43.4 Å². The van der Waals surface area contributed by atoms with Crippen LogP contribution in [0.4, 0.5) is 0 Å². The van der Waals surface area contributed by atoms with E-state index in [9.17, 15) is 29.1 Å². The summed E-state index contributed by atoms with van der Waals surface area (Å²) in [5, 5.41) is 23.5. The minimum atomic E-state index is -1.62. The molecule has 548 valence electrons. The van der Waals surface area contributed by atoms with Crippen LogP contribution in [0.5, 0.6) is 0 Å². The van der Waals surface area contributed by atoms with Gasteiger partial charge in [-0.05, 0) is 141 Å². The molecule has 3 heterocycles. The molecular weight excluding hydrogens is 1230 g/mol. The molecule has 0 spiro atoms. The van der Waals surface area contributed by atoms with Gasteiger partial charge in [0, 0.05) is 74.5 Å². The fourth-order valence-corrected chi connectivity index (χ4v) is 14.0. The molecule has 2 unspecified atom stereocenters. The molecule has 3 saturated heterocycles. The van der Waals surface area contributed by atoms with Gasteiger partial charge in [-0.2, -0.15) is 0 Å². The van der Waals surface area contributed by atoms with Crippen LogP contribution in [-0.2, 0) is 52.7 Å². The van der Waals surface area contributed by atoms with Crippen molar-refractivity contribution in [3.8, 4) is 0 Å². The Morgan fingerprint density at radius 3 is 1.43 bits per heavy atom. The summed E-state index contributed by atoms with van der Waals surface area (Å²) in [5.74, 6) is -10.0. The van der Waals surface area contributed by atoms with Crippen LogP contribution in [0.3, 0.4) is 0 Å². The molecule has 0 saturated carbocycles. The number of aliphatic hydroxyl groups excluding tert-OH is 1. The molecule has 3 aliphatic heterocycles. The number of likely N-dealkylation sites (tertiary alicyclic amines) is 1. The summed E-state index contributed by atoms with van der Waals surface area (Å²) < 4.78 is 0. The Morgan fingerprint density at radius 1 is 0.479 bits per heavy atom. The minimum Gasteiger partial charge on any atom is -0.390 e. The number of aliphatic hydroxyl groups is 1. The maximum absolute atomic E-state index is 15.3. The highest BCUT2D eigenvalue weighted by Crippen LogP contribution is 2.30. The summed E-state index contributed by atoms with van der Waals surface area (Å²) in [6, 6.07) is -12.8. The number of amides is 11. The number of piperazine rings is 1. The van der Waals surface area contributed by atoms with Gasteiger partial charge in [0.15, 0.2) is 0 Å². The van der Waals surface area contributed by atoms with E-state index in [0.717, 1.165) is 37.4 Å². The number of nitrogens with one attached hydrogen (secondary N) is 4. The van der Waals surface area contributed by atoms with Gasteiger partial charge >= 0.3 is 0 Å². The van der Waals surface area contributed by atoms with Crippen molar-refractivity contribution in [1.82, 2.24) is 65.4 Å². The predicted molar refractivity (Wildman–Crippen MR) is 373 cm³/mol. The van der Waals surface area contributed by atoms with E-state index in [1.54, 1.807) is 47.6 Å². The van der Waals surface area contributed by atoms with Crippen molar-refractivity contribution in [2.75, 3.05) is 76.0 Å². The first-order chi connectivity index (χ1) is 44.6. The topological polar surface area (TPSA) is 285 Å². The maximum Gasteiger partial charge on any atom is 0.246 e. The van der Waals surface area contributed by atoms with E-state index < -0.39 is 161 Å². The van der Waals surface area contributed by atoms with E-state index in [2.05, 4.69) is 38.1 Å². The normalized spacial score (nSPS) is 29.6. The van der Waals surface area contributed by atoms with E-state index in [0.29, 0.717) is 31.3 Å². The van der Waals surface area contributed by atoms with Crippen LogP contribution in [0.1, 0.15) is 175 Å². The third-order valence-corrected chi connectivity index (χ3v) is 20.4. The quantitative estimate of drug-likeness (QED) is 0.122. The standard InChI is InChI=1S/C71H127N13O12/c1-26-28-30-46(14)60(85)59-64(89)74-52(27-2)67(92)76(18)49(17)66(91)82(24)58(45(13)31-29-34-84-38-50-32-33-51(39-84)77(50)19)63(88)75-56(43(9)10)70(95)78(20)53(35-40(3)4)62(87)72-47(15)61(86)73-48(16)65(90)79(21)54(36-41(5)6)68(93)80(22)55(37-42(7)8)69(94)81(23)57(44(11)12)71(96)83(59)25/h26,28,40-60,85H,27,29-39H2,1-25H3,(H,72,87)(H,73,86)(H,74,89)(H,75,88)/b28-26+/t45-,46-,47+,48-,49-,50?,51?,52+,53+,54+,55+,56+,57+,58+,59+,60-/m1/s1. The number of hydrogen-bond acceptors (Lipinski definition) is 14. The number of hydrogen-bond donors (Lipinski definition) is 5. The van der Waals surface area contributed by atoms with E-state index >= 15 is 28.8 Å². The highest BCUT2D eigenvalue weighted by Gasteiger charge is 2.47. The molecule has 0 aromatic heterocycles. The molecule has 16 atom stereocenters. The Hall–Kier alpha value is -6.21. The lowest BCUT2D eigenvalue weighted by Crippen LogP contribution is -2.64. The molecule has 25 nitrogen and oxygen atoms in total. The van der Waals surface area contributed by atoms with Gasteiger partial charge in [0.1, 0.15) is 66.5 Å². The Balaban J connectivity index is 2.32. The van der Waals surface area contributed by atoms with E-state index in [1.165, 1.54) is 99.5 Å². The van der Waals surface area contributed by atoms with Gasteiger partial charge < -0.3 is 65.6 Å². The number of carbonyl (C=O) groups is 11. The lowest BCUT2D eigenvalue weighted by Gasteiger charge is -2.41. The van der Waals surface area contributed by atoms with Gasteiger partial charge in [0.25, 0.3) is 0 Å². The Labute approximate surface area is 575 Å². The monoisotopic (exact) mass is 1350 g/mol. The molecular formula is C71H127N13O12. The molecule has 2 bridgehead atoms. The van der Waals surface area contributed by atoms with Crippen LogP contribution in [0, 0.1) is 41.4 Å². The number of allylic oxidation sites excluding steroid dienone is 2. The number of carbonyl (C=O) groups excluding carboxylic acids is 11. The second kappa shape index (κ2) is 37.7. The van der Waals surface area contributed by atoms with Crippen molar-refractivity contribution in [2.45, 2.75) is 260 Å². The number of nitrogens with zero attached hydrogens (tertiary/aromatic N) is 9. The van der Waals surface area contributed by atoms with Crippen LogP contribution in [-0.4, -0.2) is 275 Å². The highest BCUT2D eigenvalue weighted by molar-refractivity contribution is 6.00.